The maximum absolute atomic E-state index is 12.9. The van der Waals surface area contributed by atoms with Crippen molar-refractivity contribution in [3.63, 3.8) is 0 Å². The van der Waals surface area contributed by atoms with Crippen LogP contribution in [-0.4, -0.2) is 19.8 Å². The standard InChI is InChI=1S/C21H23N3O3/c1-13(27-21(2,3)4)18-19(25)24(20(26)23(18)5)17-11-10-14(12-22)15-8-6-7-9-16(15)17/h6-11,13,25H,1-5H3/t13-/m1/s1. The summed E-state index contributed by atoms with van der Waals surface area (Å²) in [6.45, 7) is 7.57. The minimum Gasteiger partial charge on any atom is -0.493 e. The highest BCUT2D eigenvalue weighted by Gasteiger charge is 2.27. The molecule has 1 heterocycles. The van der Waals surface area contributed by atoms with Crippen LogP contribution in [0.25, 0.3) is 16.5 Å². The molecule has 0 bridgehead atoms. The largest absolute Gasteiger partial charge is 0.493 e. The summed E-state index contributed by atoms with van der Waals surface area (Å²) >= 11 is 0. The molecule has 0 amide bonds. The lowest BCUT2D eigenvalue weighted by Crippen LogP contribution is -2.25. The number of ether oxygens (including phenoxy) is 1. The number of benzene rings is 2. The predicted molar refractivity (Wildman–Crippen MR) is 104 cm³/mol. The van der Waals surface area contributed by atoms with Gasteiger partial charge in [0.1, 0.15) is 11.8 Å². The summed E-state index contributed by atoms with van der Waals surface area (Å²) in [7, 11) is 1.61. The van der Waals surface area contributed by atoms with Gasteiger partial charge in [0.05, 0.1) is 22.9 Å². The van der Waals surface area contributed by atoms with Gasteiger partial charge in [-0.05, 0) is 39.8 Å². The van der Waals surface area contributed by atoms with Crippen LogP contribution in [-0.2, 0) is 11.8 Å². The first-order chi connectivity index (χ1) is 12.7. The number of aromatic nitrogens is 2. The minimum absolute atomic E-state index is 0.158. The fourth-order valence-electron chi connectivity index (χ4n) is 3.44. The first kappa shape index (κ1) is 18.7. The number of hydrogen-bond donors (Lipinski definition) is 1. The molecule has 1 aromatic heterocycles. The van der Waals surface area contributed by atoms with Gasteiger partial charge in [-0.1, -0.05) is 24.3 Å². The number of fused-ring (bicyclic) bond motifs is 1. The molecule has 6 nitrogen and oxygen atoms in total. The molecule has 1 atom stereocenters. The SMILES string of the molecule is C[C@@H](OC(C)(C)C)c1c(O)n(-c2ccc(C#N)c3ccccc23)c(=O)n1C. The van der Waals surface area contributed by atoms with Crippen molar-refractivity contribution in [1.82, 2.24) is 9.13 Å². The molecule has 0 fully saturated rings. The van der Waals surface area contributed by atoms with Crippen LogP contribution in [0.2, 0.25) is 0 Å². The summed E-state index contributed by atoms with van der Waals surface area (Å²) in [4.78, 5) is 12.9. The van der Waals surface area contributed by atoms with Gasteiger partial charge >= 0.3 is 5.69 Å². The lowest BCUT2D eigenvalue weighted by Gasteiger charge is -2.25. The second-order valence-electron chi connectivity index (χ2n) is 7.55. The molecule has 3 aromatic rings. The maximum atomic E-state index is 12.9. The zero-order valence-electron chi connectivity index (χ0n) is 16.1. The molecule has 3 rings (SSSR count). The van der Waals surface area contributed by atoms with E-state index in [1.165, 1.54) is 9.13 Å². The quantitative estimate of drug-likeness (QED) is 0.766. The molecule has 2 aromatic carbocycles. The van der Waals surface area contributed by atoms with E-state index in [0.29, 0.717) is 16.9 Å². The minimum atomic E-state index is -0.478. The third kappa shape index (κ3) is 3.22. The highest BCUT2D eigenvalue weighted by atomic mass is 16.5. The predicted octanol–water partition coefficient (Wildman–Crippen LogP) is 3.78. The molecule has 0 radical (unpaired) electrons. The van der Waals surface area contributed by atoms with Gasteiger partial charge in [0, 0.05) is 17.8 Å². The Hall–Kier alpha value is -3.04. The molecular formula is C21H23N3O3. The van der Waals surface area contributed by atoms with Crippen LogP contribution >= 0.6 is 0 Å². The van der Waals surface area contributed by atoms with Gasteiger partial charge in [0.25, 0.3) is 0 Å². The number of nitrogens with zero attached hydrogens (tertiary/aromatic N) is 3. The molecule has 0 saturated carbocycles. The van der Waals surface area contributed by atoms with E-state index in [0.717, 1.165) is 10.8 Å². The van der Waals surface area contributed by atoms with E-state index in [4.69, 9.17) is 4.74 Å². The van der Waals surface area contributed by atoms with Crippen molar-refractivity contribution in [2.75, 3.05) is 0 Å². The van der Waals surface area contributed by atoms with E-state index in [1.54, 1.807) is 26.1 Å². The third-order valence-electron chi connectivity index (χ3n) is 4.46. The lowest BCUT2D eigenvalue weighted by atomic mass is 10.0. The smallest absolute Gasteiger partial charge is 0.335 e. The number of imidazole rings is 1. The Bertz CT molecular complexity index is 1110. The maximum Gasteiger partial charge on any atom is 0.335 e. The molecule has 0 aliphatic carbocycles. The van der Waals surface area contributed by atoms with E-state index in [1.807, 2.05) is 45.0 Å². The summed E-state index contributed by atoms with van der Waals surface area (Å²) in [5.41, 5.74) is 0.648. The molecule has 0 saturated heterocycles. The molecule has 1 N–H and O–H groups in total. The van der Waals surface area contributed by atoms with Crippen molar-refractivity contribution in [1.29, 1.82) is 5.26 Å². The van der Waals surface area contributed by atoms with Crippen molar-refractivity contribution in [2.45, 2.75) is 39.4 Å². The van der Waals surface area contributed by atoms with Crippen molar-refractivity contribution < 1.29 is 9.84 Å². The Morgan fingerprint density at radius 3 is 2.37 bits per heavy atom. The van der Waals surface area contributed by atoms with E-state index in [2.05, 4.69) is 6.07 Å². The number of aromatic hydroxyl groups is 1. The van der Waals surface area contributed by atoms with Crippen LogP contribution in [0.15, 0.2) is 41.2 Å². The molecule has 0 aliphatic rings. The molecule has 140 valence electrons. The van der Waals surface area contributed by atoms with Crippen molar-refractivity contribution >= 4 is 10.8 Å². The second-order valence-corrected chi connectivity index (χ2v) is 7.55. The summed E-state index contributed by atoms with van der Waals surface area (Å²) in [5.74, 6) is -0.158. The third-order valence-corrected chi connectivity index (χ3v) is 4.46. The molecule has 0 unspecified atom stereocenters. The van der Waals surface area contributed by atoms with Gasteiger partial charge in [-0.3, -0.25) is 4.57 Å². The summed E-state index contributed by atoms with van der Waals surface area (Å²) in [6.07, 6.45) is -0.478. The Balaban J connectivity index is 2.26. The van der Waals surface area contributed by atoms with Crippen LogP contribution < -0.4 is 5.69 Å². The highest BCUT2D eigenvalue weighted by molar-refractivity contribution is 5.94. The van der Waals surface area contributed by atoms with Gasteiger partial charge < -0.3 is 9.84 Å². The van der Waals surface area contributed by atoms with E-state index in [-0.39, 0.29) is 11.6 Å². The van der Waals surface area contributed by atoms with Gasteiger partial charge in [0.2, 0.25) is 5.88 Å². The Morgan fingerprint density at radius 1 is 1.15 bits per heavy atom. The lowest BCUT2D eigenvalue weighted by molar-refractivity contribution is -0.0566. The number of hydrogen-bond acceptors (Lipinski definition) is 4. The van der Waals surface area contributed by atoms with Crippen LogP contribution in [0.5, 0.6) is 5.88 Å². The fraction of sp³-hybridized carbons (Fsp3) is 0.333. The first-order valence-electron chi connectivity index (χ1n) is 8.76. The molecular weight excluding hydrogens is 342 g/mol. The van der Waals surface area contributed by atoms with Crippen molar-refractivity contribution in [3.05, 3.63) is 58.1 Å². The topological polar surface area (TPSA) is 80.2 Å². The summed E-state index contributed by atoms with van der Waals surface area (Å²) in [6, 6.07) is 12.8. The Labute approximate surface area is 157 Å². The zero-order chi connectivity index (χ0) is 19.9. The second kappa shape index (κ2) is 6.60. The van der Waals surface area contributed by atoms with E-state index >= 15 is 0 Å². The average Bonchev–Trinajstić information content (AvgIpc) is 2.82. The number of rotatable bonds is 3. The van der Waals surface area contributed by atoms with Crippen LogP contribution in [0.1, 0.15) is 45.1 Å². The van der Waals surface area contributed by atoms with Crippen LogP contribution in [0.4, 0.5) is 0 Å². The van der Waals surface area contributed by atoms with E-state index in [9.17, 15) is 15.2 Å². The summed E-state index contributed by atoms with van der Waals surface area (Å²) < 4.78 is 8.60. The summed E-state index contributed by atoms with van der Waals surface area (Å²) in [5, 5.41) is 21.7. The fourth-order valence-corrected chi connectivity index (χ4v) is 3.44. The highest BCUT2D eigenvalue weighted by Crippen LogP contribution is 2.33. The van der Waals surface area contributed by atoms with Gasteiger partial charge in [-0.15, -0.1) is 0 Å². The first-order valence-corrected chi connectivity index (χ1v) is 8.76. The van der Waals surface area contributed by atoms with Crippen molar-refractivity contribution in [3.8, 4) is 17.6 Å². The van der Waals surface area contributed by atoms with Crippen molar-refractivity contribution in [2.24, 2.45) is 7.05 Å². The van der Waals surface area contributed by atoms with E-state index < -0.39 is 11.7 Å². The Kier molecular flexibility index (Phi) is 4.58. The normalized spacial score (nSPS) is 12.9. The van der Waals surface area contributed by atoms with Gasteiger partial charge in [0.15, 0.2) is 0 Å². The van der Waals surface area contributed by atoms with Crippen LogP contribution in [0.3, 0.4) is 0 Å². The Morgan fingerprint density at radius 2 is 1.78 bits per heavy atom. The molecule has 27 heavy (non-hydrogen) atoms. The number of nitriles is 1. The molecule has 6 heteroatoms. The zero-order valence-corrected chi connectivity index (χ0v) is 16.1. The average molecular weight is 365 g/mol. The van der Waals surface area contributed by atoms with Gasteiger partial charge in [-0.2, -0.15) is 5.26 Å². The van der Waals surface area contributed by atoms with Gasteiger partial charge in [-0.25, -0.2) is 9.36 Å². The van der Waals surface area contributed by atoms with Crippen LogP contribution in [0, 0.1) is 11.3 Å². The molecule has 0 aliphatic heterocycles. The monoisotopic (exact) mass is 365 g/mol. The molecule has 0 spiro atoms.